The molecular weight excluding hydrogens is 543 g/mol. The molecule has 192 valence electrons. The molecule has 35 heavy (non-hydrogen) atoms. The van der Waals surface area contributed by atoms with Crippen molar-refractivity contribution in [1.29, 1.82) is 0 Å². The maximum atomic E-state index is 2.62. The summed E-state index contributed by atoms with van der Waals surface area (Å²) in [6.07, 6.45) is 13.2. The molecule has 0 bridgehead atoms. The van der Waals surface area contributed by atoms with Crippen LogP contribution < -0.4 is 42.4 Å². The quantitative estimate of drug-likeness (QED) is 0.232. The van der Waals surface area contributed by atoms with Crippen LogP contribution in [-0.2, 0) is 33.3 Å². The van der Waals surface area contributed by atoms with Crippen LogP contribution >= 0.6 is 0 Å². The Labute approximate surface area is 247 Å². The summed E-state index contributed by atoms with van der Waals surface area (Å²) in [5.74, 6) is 0. The maximum Gasteiger partial charge on any atom is -1.00 e. The van der Waals surface area contributed by atoms with E-state index in [1.165, 1.54) is 73.6 Å². The zero-order valence-electron chi connectivity index (χ0n) is 22.3. The fourth-order valence-electron chi connectivity index (χ4n) is 5.60. The van der Waals surface area contributed by atoms with Crippen molar-refractivity contribution in [3.8, 4) is 0 Å². The van der Waals surface area contributed by atoms with Gasteiger partial charge in [0.05, 0.1) is 0 Å². The fraction of sp³-hybridized carbons (Fsp3) is 0.533. The van der Waals surface area contributed by atoms with Crippen LogP contribution in [0, 0.1) is 0 Å². The summed E-state index contributed by atoms with van der Waals surface area (Å²) in [4.78, 5) is 0. The Morgan fingerprint density at radius 2 is 1.26 bits per heavy atom. The molecule has 0 N–H and O–H groups in total. The minimum Gasteiger partial charge on any atom is -1.00 e. The van der Waals surface area contributed by atoms with Crippen molar-refractivity contribution in [2.24, 2.45) is 0 Å². The molecule has 0 aromatic heterocycles. The number of rotatable bonds is 12. The molecule has 0 heterocycles. The van der Waals surface area contributed by atoms with Gasteiger partial charge >= 0.3 is 198 Å². The van der Waals surface area contributed by atoms with E-state index in [1.807, 2.05) is 0 Å². The van der Waals surface area contributed by atoms with Gasteiger partial charge in [0.2, 0.25) is 0 Å². The first kappa shape index (κ1) is 35.0. The second-order valence-electron chi connectivity index (χ2n) is 10.5. The number of unbranched alkanes of at least 4 members (excludes halogenated alkanes) is 6. The van der Waals surface area contributed by atoms with Crippen molar-refractivity contribution in [1.82, 2.24) is 0 Å². The molecule has 3 rings (SSSR count). The minimum atomic E-state index is -1.73. The normalized spacial score (nSPS) is 14.7. The summed E-state index contributed by atoms with van der Waals surface area (Å²) in [5.41, 5.74) is 8.47. The third-order valence-electron chi connectivity index (χ3n) is 7.52. The summed E-state index contributed by atoms with van der Waals surface area (Å²) in [5, 5.41) is 1.67. The van der Waals surface area contributed by atoms with Crippen molar-refractivity contribution < 1.29 is 57.7 Å². The molecule has 0 saturated carbocycles. The van der Waals surface area contributed by atoms with Gasteiger partial charge in [-0.05, 0) is 0 Å². The minimum absolute atomic E-state index is 0. The van der Waals surface area contributed by atoms with E-state index in [0.717, 1.165) is 0 Å². The van der Waals surface area contributed by atoms with Crippen LogP contribution in [0.25, 0.3) is 3.88 Å². The molecule has 2 aromatic rings. The predicted molar refractivity (Wildman–Crippen MR) is 141 cm³/mol. The zero-order valence-corrected chi connectivity index (χ0v) is 27.2. The number of aryl methyl sites for hydroxylation is 2. The van der Waals surface area contributed by atoms with Gasteiger partial charge in [0.1, 0.15) is 0 Å². The first-order valence-electron chi connectivity index (χ1n) is 13.0. The van der Waals surface area contributed by atoms with Crippen molar-refractivity contribution >= 4 is 17.1 Å². The molecule has 1 atom stereocenters. The van der Waals surface area contributed by atoms with Crippen LogP contribution in [0.3, 0.4) is 0 Å². The largest absolute Gasteiger partial charge is 1.00 e. The van der Waals surface area contributed by atoms with E-state index in [-0.39, 0.29) is 37.2 Å². The molecule has 0 radical (unpaired) electrons. The van der Waals surface area contributed by atoms with Gasteiger partial charge in [0.25, 0.3) is 0 Å². The monoisotopic (exact) mass is 584 g/mol. The Morgan fingerprint density at radius 3 is 1.77 bits per heavy atom. The number of allylic oxidation sites excluding steroid dienone is 1. The van der Waals surface area contributed by atoms with E-state index in [0.29, 0.717) is 5.54 Å². The van der Waals surface area contributed by atoms with E-state index in [4.69, 9.17) is 0 Å². The summed E-state index contributed by atoms with van der Waals surface area (Å²) >= 11 is 2.34. The van der Waals surface area contributed by atoms with Crippen molar-refractivity contribution in [3.63, 3.8) is 0 Å². The number of halogens is 3. The Kier molecular flexibility index (Phi) is 16.7. The van der Waals surface area contributed by atoms with E-state index < -0.39 is 8.07 Å². The van der Waals surface area contributed by atoms with Gasteiger partial charge in [-0.3, -0.25) is 0 Å². The molecule has 0 fully saturated rings. The van der Waals surface area contributed by atoms with Crippen LogP contribution in [0.1, 0.15) is 99.9 Å². The van der Waals surface area contributed by atoms with Crippen molar-refractivity contribution in [2.45, 2.75) is 104 Å². The Balaban J connectivity index is 0.00000385. The summed E-state index contributed by atoms with van der Waals surface area (Å²) in [6.45, 7) is 12.2. The second-order valence-corrected chi connectivity index (χ2v) is 15.8. The number of hydrogen-bond donors (Lipinski definition) is 0. The van der Waals surface area contributed by atoms with Crippen LogP contribution in [0.4, 0.5) is 0 Å². The first-order chi connectivity index (χ1) is 15.4. The average Bonchev–Trinajstić information content (AvgIpc) is 3.05. The van der Waals surface area contributed by atoms with Crippen molar-refractivity contribution in [3.05, 3.63) is 70.3 Å². The molecule has 0 spiro atoms. The standard InChI is InChI=1S/C30H43Si.3ClH.Ti/c1-6-8-10-12-16-25-21-26(17-13-11-9-7-2)23-28(22-25)31(4,5)30-24(3)20-27-18-14-15-19-29(27)30;;;;/h14-15,18-19,21-23,30H,6-13,16-17H2,1-5H3;3*1H;/q;;;;+3/p-3. The number of benzene rings is 2. The van der Waals surface area contributed by atoms with E-state index in [1.54, 1.807) is 27.5 Å². The average molecular weight is 586 g/mol. The van der Waals surface area contributed by atoms with Crippen LogP contribution in [0.15, 0.2) is 48.0 Å². The smallest absolute Gasteiger partial charge is 1.00 e. The van der Waals surface area contributed by atoms with Crippen LogP contribution in [0.5, 0.6) is 0 Å². The van der Waals surface area contributed by atoms with Crippen LogP contribution in [-0.4, -0.2) is 8.07 Å². The molecule has 1 aliphatic carbocycles. The molecule has 1 aliphatic rings. The molecule has 2 aromatic carbocycles. The van der Waals surface area contributed by atoms with E-state index in [2.05, 4.69) is 96.8 Å². The second kappa shape index (κ2) is 16.7. The van der Waals surface area contributed by atoms with Gasteiger partial charge in [-0.25, -0.2) is 0 Å². The van der Waals surface area contributed by atoms with Crippen LogP contribution in [0.2, 0.25) is 13.1 Å². The third kappa shape index (κ3) is 8.76. The molecule has 0 amide bonds. The summed E-state index contributed by atoms with van der Waals surface area (Å²) in [6, 6.07) is 16.9. The maximum absolute atomic E-state index is 2.62. The molecule has 0 aliphatic heterocycles. The van der Waals surface area contributed by atoms with Crippen molar-refractivity contribution in [2.75, 3.05) is 0 Å². The third-order valence-corrected chi connectivity index (χ3v) is 12.5. The summed E-state index contributed by atoms with van der Waals surface area (Å²) < 4.78 is 1.52. The first-order valence-corrected chi connectivity index (χ1v) is 16.9. The fourth-order valence-corrected chi connectivity index (χ4v) is 10.1. The summed E-state index contributed by atoms with van der Waals surface area (Å²) in [7, 11) is -1.73. The Hall–Kier alpha value is -0.0188. The van der Waals surface area contributed by atoms with E-state index >= 15 is 0 Å². The predicted octanol–water partition coefficient (Wildman–Crippen LogP) is -0.526. The van der Waals surface area contributed by atoms with E-state index in [9.17, 15) is 0 Å². The Bertz CT molecular complexity index is 909. The topological polar surface area (TPSA) is 0 Å². The zero-order chi connectivity index (χ0) is 23.1. The van der Waals surface area contributed by atoms with Gasteiger partial charge in [-0.1, -0.05) is 13.8 Å². The van der Waals surface area contributed by atoms with Gasteiger partial charge in [0.15, 0.2) is 0 Å². The molecular formula is C30H43Cl3SiTi. The molecule has 0 saturated heterocycles. The molecule has 5 heteroatoms. The number of fused-ring (bicyclic) bond motifs is 1. The van der Waals surface area contributed by atoms with Gasteiger partial charge < -0.3 is 37.2 Å². The molecule has 0 nitrogen and oxygen atoms in total. The Morgan fingerprint density at radius 1 is 0.743 bits per heavy atom. The molecule has 1 unspecified atom stereocenters. The number of hydrogen-bond acceptors (Lipinski definition) is 0. The van der Waals surface area contributed by atoms with Gasteiger partial charge in [-0.2, -0.15) is 0 Å². The van der Waals surface area contributed by atoms with Gasteiger partial charge in [0, 0.05) is 0 Å². The SMILES string of the molecule is CCCCCCc1cc(CCCCCC)cc([Si](C)(C)C2C(C)=[C]([Ti+3])c3ccccc32)c1.[Cl-].[Cl-].[Cl-]. The van der Waals surface area contributed by atoms with Gasteiger partial charge in [-0.15, -0.1) is 0 Å².